The lowest BCUT2D eigenvalue weighted by molar-refractivity contribution is -0.117. The van der Waals surface area contributed by atoms with E-state index < -0.39 is 0 Å². The molecule has 2 fully saturated rings. The number of halogens is 2. The van der Waals surface area contributed by atoms with Crippen molar-refractivity contribution in [2.45, 2.75) is 12.8 Å². The average Bonchev–Trinajstić information content (AvgIpc) is 2.60. The van der Waals surface area contributed by atoms with Crippen molar-refractivity contribution in [3.63, 3.8) is 0 Å². The molecule has 0 aromatic heterocycles. The highest BCUT2D eigenvalue weighted by Gasteiger charge is 2.22. The van der Waals surface area contributed by atoms with Crippen LogP contribution in [0, 0.1) is 5.92 Å². The number of carbonyl (C=O) groups is 1. The normalized spacial score (nSPS) is 20.0. The van der Waals surface area contributed by atoms with E-state index in [4.69, 9.17) is 11.6 Å². The molecule has 2 heterocycles. The molecule has 2 N–H and O–H groups in total. The Balaban J connectivity index is 0.00000225. The predicted molar refractivity (Wildman–Crippen MR) is 106 cm³/mol. The van der Waals surface area contributed by atoms with E-state index in [1.807, 2.05) is 18.2 Å². The third-order valence-electron chi connectivity index (χ3n) is 4.96. The number of carbonyl (C=O) groups excluding carboxylic acids is 1. The number of piperidine rings is 1. The first-order valence-corrected chi connectivity index (χ1v) is 9.28. The first-order chi connectivity index (χ1) is 11.7. The quantitative estimate of drug-likeness (QED) is 0.814. The second-order valence-corrected chi connectivity index (χ2v) is 7.21. The molecule has 7 heteroatoms. The molecule has 0 aliphatic carbocycles. The molecule has 0 atom stereocenters. The maximum absolute atomic E-state index is 12.2. The lowest BCUT2D eigenvalue weighted by Gasteiger charge is -2.37. The smallest absolute Gasteiger partial charge is 0.238 e. The molecule has 140 valence electrons. The van der Waals surface area contributed by atoms with Gasteiger partial charge in [0.05, 0.1) is 17.3 Å². The van der Waals surface area contributed by atoms with Gasteiger partial charge in [-0.05, 0) is 44.0 Å². The molecule has 0 unspecified atom stereocenters. The summed E-state index contributed by atoms with van der Waals surface area (Å²) in [4.78, 5) is 17.0. The second-order valence-electron chi connectivity index (χ2n) is 6.80. The van der Waals surface area contributed by atoms with E-state index in [1.165, 1.54) is 19.4 Å². The van der Waals surface area contributed by atoms with Crippen LogP contribution in [0.1, 0.15) is 12.8 Å². The standard InChI is InChI=1S/C18H27ClN4O.ClH/c19-16-3-1-2-4-17(16)21-18(24)14-23-11-9-22(10-12-23)13-15-5-7-20-8-6-15;/h1-4,15,20H,5-14H2,(H,21,24);1H. The summed E-state index contributed by atoms with van der Waals surface area (Å²) in [6.45, 7) is 8.00. The van der Waals surface area contributed by atoms with Crippen LogP contribution in [0.4, 0.5) is 5.69 Å². The SMILES string of the molecule is Cl.O=C(CN1CCN(CC2CCNCC2)CC1)Nc1ccccc1Cl. The minimum absolute atomic E-state index is 0. The molecule has 0 radical (unpaired) electrons. The Morgan fingerprint density at radius 1 is 1.12 bits per heavy atom. The number of piperazine rings is 1. The number of hydrogen-bond donors (Lipinski definition) is 2. The highest BCUT2D eigenvalue weighted by atomic mass is 35.5. The molecule has 5 nitrogen and oxygen atoms in total. The minimum atomic E-state index is 0. The molecular weight excluding hydrogens is 359 g/mol. The van der Waals surface area contributed by atoms with Crippen molar-refractivity contribution in [3.8, 4) is 0 Å². The molecule has 2 saturated heterocycles. The number of amides is 1. The number of nitrogens with zero attached hydrogens (tertiary/aromatic N) is 2. The number of hydrogen-bond acceptors (Lipinski definition) is 4. The molecule has 0 saturated carbocycles. The Morgan fingerprint density at radius 2 is 1.76 bits per heavy atom. The van der Waals surface area contributed by atoms with Crippen LogP contribution in [0.15, 0.2) is 24.3 Å². The van der Waals surface area contributed by atoms with Crippen molar-refractivity contribution >= 4 is 35.6 Å². The Labute approximate surface area is 161 Å². The highest BCUT2D eigenvalue weighted by Crippen LogP contribution is 2.20. The van der Waals surface area contributed by atoms with Gasteiger partial charge in [0.25, 0.3) is 0 Å². The van der Waals surface area contributed by atoms with Crippen molar-refractivity contribution in [1.29, 1.82) is 0 Å². The minimum Gasteiger partial charge on any atom is -0.324 e. The van der Waals surface area contributed by atoms with Crippen LogP contribution in [-0.2, 0) is 4.79 Å². The predicted octanol–water partition coefficient (Wildman–Crippen LogP) is 2.32. The fourth-order valence-corrected chi connectivity index (χ4v) is 3.70. The van der Waals surface area contributed by atoms with Crippen LogP contribution in [-0.4, -0.2) is 68.1 Å². The summed E-state index contributed by atoms with van der Waals surface area (Å²) >= 11 is 6.08. The maximum atomic E-state index is 12.2. The fourth-order valence-electron chi connectivity index (χ4n) is 3.51. The van der Waals surface area contributed by atoms with Gasteiger partial charge in [0, 0.05) is 32.7 Å². The first kappa shape index (κ1) is 20.5. The van der Waals surface area contributed by atoms with Crippen molar-refractivity contribution in [2.24, 2.45) is 5.92 Å². The number of para-hydroxylation sites is 1. The van der Waals surface area contributed by atoms with Crippen molar-refractivity contribution in [1.82, 2.24) is 15.1 Å². The average molecular weight is 387 g/mol. The van der Waals surface area contributed by atoms with Gasteiger partial charge in [0.15, 0.2) is 0 Å². The third kappa shape index (κ3) is 6.42. The molecule has 25 heavy (non-hydrogen) atoms. The highest BCUT2D eigenvalue weighted by molar-refractivity contribution is 6.33. The van der Waals surface area contributed by atoms with E-state index >= 15 is 0 Å². The largest absolute Gasteiger partial charge is 0.324 e. The Bertz CT molecular complexity index is 544. The first-order valence-electron chi connectivity index (χ1n) is 8.90. The third-order valence-corrected chi connectivity index (χ3v) is 5.28. The van der Waals surface area contributed by atoms with Gasteiger partial charge in [-0.25, -0.2) is 0 Å². The van der Waals surface area contributed by atoms with E-state index in [0.29, 0.717) is 17.3 Å². The molecular formula is C18H28Cl2N4O. The van der Waals surface area contributed by atoms with E-state index in [2.05, 4.69) is 20.4 Å². The molecule has 1 aromatic carbocycles. The summed E-state index contributed by atoms with van der Waals surface area (Å²) in [6, 6.07) is 7.36. The lowest BCUT2D eigenvalue weighted by Crippen LogP contribution is -2.50. The van der Waals surface area contributed by atoms with Gasteiger partial charge >= 0.3 is 0 Å². The molecule has 3 rings (SSSR count). The van der Waals surface area contributed by atoms with Crippen molar-refractivity contribution < 1.29 is 4.79 Å². The van der Waals surface area contributed by atoms with Crippen molar-refractivity contribution in [2.75, 3.05) is 57.7 Å². The summed E-state index contributed by atoms with van der Waals surface area (Å²) in [5.41, 5.74) is 0.689. The van der Waals surface area contributed by atoms with E-state index in [1.54, 1.807) is 6.07 Å². The van der Waals surface area contributed by atoms with Gasteiger partial charge < -0.3 is 15.5 Å². The summed E-state index contributed by atoms with van der Waals surface area (Å²) in [5.74, 6) is 0.844. The number of benzene rings is 1. The lowest BCUT2D eigenvalue weighted by atomic mass is 9.97. The van der Waals surface area contributed by atoms with Crippen molar-refractivity contribution in [3.05, 3.63) is 29.3 Å². The second kappa shape index (κ2) is 10.3. The van der Waals surface area contributed by atoms with E-state index in [9.17, 15) is 4.79 Å². The van der Waals surface area contributed by atoms with Crippen LogP contribution in [0.2, 0.25) is 5.02 Å². The van der Waals surface area contributed by atoms with E-state index in [-0.39, 0.29) is 18.3 Å². The Morgan fingerprint density at radius 3 is 2.44 bits per heavy atom. The number of anilines is 1. The van der Waals surface area contributed by atoms with Gasteiger partial charge in [-0.3, -0.25) is 9.69 Å². The zero-order valence-electron chi connectivity index (χ0n) is 14.5. The van der Waals surface area contributed by atoms with Gasteiger partial charge in [-0.1, -0.05) is 23.7 Å². The van der Waals surface area contributed by atoms with Crippen LogP contribution in [0.3, 0.4) is 0 Å². The zero-order chi connectivity index (χ0) is 16.8. The summed E-state index contributed by atoms with van der Waals surface area (Å²) in [5, 5.41) is 6.91. The van der Waals surface area contributed by atoms with Crippen LogP contribution in [0.5, 0.6) is 0 Å². The van der Waals surface area contributed by atoms with Crippen LogP contribution >= 0.6 is 24.0 Å². The molecule has 1 amide bonds. The molecule has 0 bridgehead atoms. The van der Waals surface area contributed by atoms with Gasteiger partial charge in [0.1, 0.15) is 0 Å². The van der Waals surface area contributed by atoms with Gasteiger partial charge in [-0.2, -0.15) is 0 Å². The Kier molecular flexibility index (Phi) is 8.46. The number of rotatable bonds is 5. The molecule has 2 aliphatic rings. The molecule has 1 aromatic rings. The Hall–Kier alpha value is -0.850. The fraction of sp³-hybridized carbons (Fsp3) is 0.611. The van der Waals surface area contributed by atoms with E-state index in [0.717, 1.165) is 45.2 Å². The zero-order valence-corrected chi connectivity index (χ0v) is 16.1. The maximum Gasteiger partial charge on any atom is 0.238 e. The van der Waals surface area contributed by atoms with Crippen LogP contribution in [0.25, 0.3) is 0 Å². The van der Waals surface area contributed by atoms with Crippen LogP contribution < -0.4 is 10.6 Å². The van der Waals surface area contributed by atoms with Gasteiger partial charge in [-0.15, -0.1) is 12.4 Å². The monoisotopic (exact) mass is 386 g/mol. The summed E-state index contributed by atoms with van der Waals surface area (Å²) in [6.07, 6.45) is 2.58. The number of nitrogens with one attached hydrogen (secondary N) is 2. The topological polar surface area (TPSA) is 47.6 Å². The molecule has 2 aliphatic heterocycles. The molecule has 0 spiro atoms. The summed E-state index contributed by atoms with van der Waals surface area (Å²) < 4.78 is 0. The summed E-state index contributed by atoms with van der Waals surface area (Å²) in [7, 11) is 0. The van der Waals surface area contributed by atoms with Gasteiger partial charge in [0.2, 0.25) is 5.91 Å².